The average molecular weight is 695 g/mol. The van der Waals surface area contributed by atoms with Crippen LogP contribution < -0.4 is 5.32 Å². The summed E-state index contributed by atoms with van der Waals surface area (Å²) in [5.74, 6) is -4.58. The van der Waals surface area contributed by atoms with Crippen molar-refractivity contribution in [2.45, 2.75) is 75.9 Å². The van der Waals surface area contributed by atoms with Gasteiger partial charge in [-0.3, -0.25) is 58.4 Å². The number of nitrogens with one attached hydrogen (secondary N) is 1. The number of benzene rings is 4. The Hall–Kier alpha value is -6.04. The molecule has 0 spiro atoms. The molecule has 2 atom stereocenters. The zero-order valence-corrected chi connectivity index (χ0v) is 27.8. The number of nitrogens with zero attached hydrogens (tertiary/aromatic N) is 3. The predicted molar refractivity (Wildman–Crippen MR) is 184 cm³/mol. The van der Waals surface area contributed by atoms with Crippen molar-refractivity contribution < 1.29 is 38.4 Å². The van der Waals surface area contributed by atoms with Gasteiger partial charge in [-0.2, -0.15) is 0 Å². The van der Waals surface area contributed by atoms with Crippen molar-refractivity contribution in [1.82, 2.24) is 20.0 Å². The highest BCUT2D eigenvalue weighted by Crippen LogP contribution is 2.43. The van der Waals surface area contributed by atoms with Crippen molar-refractivity contribution in [3.8, 4) is 0 Å². The molecule has 4 aliphatic heterocycles. The van der Waals surface area contributed by atoms with Crippen LogP contribution in [0, 0.1) is 0 Å². The van der Waals surface area contributed by atoms with E-state index >= 15 is 0 Å². The summed E-state index contributed by atoms with van der Waals surface area (Å²) >= 11 is 0. The van der Waals surface area contributed by atoms with Crippen LogP contribution in [0.15, 0.2) is 48.5 Å². The van der Waals surface area contributed by atoms with Crippen LogP contribution in [0.3, 0.4) is 0 Å². The van der Waals surface area contributed by atoms with E-state index in [4.69, 9.17) is 0 Å². The molecule has 258 valence electrons. The quantitative estimate of drug-likeness (QED) is 0.293. The number of imide groups is 4. The van der Waals surface area contributed by atoms with Crippen LogP contribution in [0.1, 0.15) is 141 Å². The van der Waals surface area contributed by atoms with E-state index in [1.165, 1.54) is 29.2 Å². The van der Waals surface area contributed by atoms with Gasteiger partial charge in [-0.1, -0.05) is 32.1 Å². The first-order valence-corrected chi connectivity index (χ1v) is 17.9. The Bertz CT molecular complexity index is 2340. The van der Waals surface area contributed by atoms with Crippen LogP contribution in [0.5, 0.6) is 0 Å². The number of rotatable bonds is 3. The Balaban J connectivity index is 1.05. The molecule has 0 unspecified atom stereocenters. The molecule has 0 bridgehead atoms. The van der Waals surface area contributed by atoms with Gasteiger partial charge in [0.25, 0.3) is 47.3 Å². The minimum atomic E-state index is -0.858. The van der Waals surface area contributed by atoms with Gasteiger partial charge in [0.15, 0.2) is 0 Å². The molecule has 2 fully saturated rings. The monoisotopic (exact) mass is 694 g/mol. The van der Waals surface area contributed by atoms with E-state index in [1.807, 2.05) is 0 Å². The van der Waals surface area contributed by atoms with E-state index in [0.29, 0.717) is 31.1 Å². The summed E-state index contributed by atoms with van der Waals surface area (Å²) in [6, 6.07) is 10.2. The molecule has 6 aliphatic rings. The maximum absolute atomic E-state index is 14.5. The molecule has 2 aliphatic carbocycles. The lowest BCUT2D eigenvalue weighted by atomic mass is 9.81. The molecular formula is C40H30N4O8. The lowest BCUT2D eigenvalue weighted by Gasteiger charge is -2.45. The molecule has 1 N–H and O–H groups in total. The molecule has 8 amide bonds. The highest BCUT2D eigenvalue weighted by atomic mass is 16.2. The lowest BCUT2D eigenvalue weighted by Crippen LogP contribution is -2.61. The average Bonchev–Trinajstić information content (AvgIpc) is 3.15. The van der Waals surface area contributed by atoms with Crippen LogP contribution in [0.25, 0.3) is 21.5 Å². The van der Waals surface area contributed by atoms with Gasteiger partial charge in [0.05, 0.1) is 12.1 Å². The second kappa shape index (κ2) is 10.7. The number of carbonyl (C=O) groups excluding carboxylic acids is 8. The van der Waals surface area contributed by atoms with Crippen molar-refractivity contribution in [3.05, 3.63) is 93.0 Å². The van der Waals surface area contributed by atoms with E-state index < -0.39 is 59.3 Å². The van der Waals surface area contributed by atoms with Crippen LogP contribution >= 0.6 is 0 Å². The summed E-state index contributed by atoms with van der Waals surface area (Å²) in [4.78, 5) is 114. The van der Waals surface area contributed by atoms with Gasteiger partial charge in [0.1, 0.15) is 0 Å². The Morgan fingerprint density at radius 2 is 0.654 bits per heavy atom. The van der Waals surface area contributed by atoms with Gasteiger partial charge in [-0.05, 0) is 74.2 Å². The Labute approximate surface area is 295 Å². The van der Waals surface area contributed by atoms with Crippen LogP contribution in [-0.2, 0) is 0 Å². The molecular weight excluding hydrogens is 664 g/mol. The molecule has 0 radical (unpaired) electrons. The first-order valence-electron chi connectivity index (χ1n) is 17.9. The molecule has 4 heterocycles. The fraction of sp³-hybridized carbons (Fsp3) is 0.300. The SMILES string of the molecule is O=C1NC(=O)c2ccc3c4c(ccc1c24)C(=O)N([C@H]1CCCC[C@@H]1N1C(=O)c2ccc4c5c(ccc(c25)C1=O)C(=O)N(C1CCCCC1)C4=O)C3=O. The van der Waals surface area contributed by atoms with Crippen molar-refractivity contribution in [1.29, 1.82) is 0 Å². The van der Waals surface area contributed by atoms with Crippen molar-refractivity contribution in [2.75, 3.05) is 0 Å². The zero-order valence-electron chi connectivity index (χ0n) is 27.8. The maximum Gasteiger partial charge on any atom is 0.261 e. The lowest BCUT2D eigenvalue weighted by molar-refractivity contribution is 0.0241. The smallest absolute Gasteiger partial charge is 0.261 e. The Morgan fingerprint density at radius 3 is 1.02 bits per heavy atom. The molecule has 2 saturated carbocycles. The second-order valence-electron chi connectivity index (χ2n) is 14.6. The van der Waals surface area contributed by atoms with Gasteiger partial charge in [-0.25, -0.2) is 0 Å². The largest absolute Gasteiger partial charge is 0.288 e. The fourth-order valence-electron chi connectivity index (χ4n) is 9.70. The van der Waals surface area contributed by atoms with Crippen LogP contribution in [0.2, 0.25) is 0 Å². The molecule has 0 aromatic heterocycles. The first kappa shape index (κ1) is 30.8. The maximum atomic E-state index is 14.5. The molecule has 4 aromatic rings. The minimum Gasteiger partial charge on any atom is -0.288 e. The van der Waals surface area contributed by atoms with Gasteiger partial charge >= 0.3 is 0 Å². The van der Waals surface area contributed by atoms with E-state index in [-0.39, 0.29) is 66.7 Å². The van der Waals surface area contributed by atoms with Gasteiger partial charge in [-0.15, -0.1) is 0 Å². The molecule has 10 rings (SSSR count). The second-order valence-corrected chi connectivity index (χ2v) is 14.6. The summed E-state index contributed by atoms with van der Waals surface area (Å²) in [7, 11) is 0. The summed E-state index contributed by atoms with van der Waals surface area (Å²) < 4.78 is 0. The summed E-state index contributed by atoms with van der Waals surface area (Å²) in [5.41, 5.74) is 1.60. The minimum absolute atomic E-state index is 0.152. The highest BCUT2D eigenvalue weighted by Gasteiger charge is 2.49. The number of carbonyl (C=O) groups is 8. The van der Waals surface area contributed by atoms with Crippen molar-refractivity contribution >= 4 is 68.8 Å². The molecule has 4 aromatic carbocycles. The third kappa shape index (κ3) is 3.86. The fourth-order valence-corrected chi connectivity index (χ4v) is 9.70. The normalized spacial score (nSPS) is 23.0. The van der Waals surface area contributed by atoms with Gasteiger partial charge < -0.3 is 0 Å². The summed E-state index contributed by atoms with van der Waals surface area (Å²) in [6.07, 6.45) is 6.37. The van der Waals surface area contributed by atoms with Crippen molar-refractivity contribution in [3.63, 3.8) is 0 Å². The highest BCUT2D eigenvalue weighted by molar-refractivity contribution is 6.35. The third-order valence-electron chi connectivity index (χ3n) is 12.0. The topological polar surface area (TPSA) is 158 Å². The van der Waals surface area contributed by atoms with E-state index in [1.54, 1.807) is 24.3 Å². The summed E-state index contributed by atoms with van der Waals surface area (Å²) in [6.45, 7) is 0. The number of hydrogen-bond acceptors (Lipinski definition) is 8. The van der Waals surface area contributed by atoms with E-state index in [0.717, 1.165) is 41.9 Å². The van der Waals surface area contributed by atoms with Crippen LogP contribution in [-0.4, -0.2) is 80.1 Å². The predicted octanol–water partition coefficient (Wildman–Crippen LogP) is 5.01. The van der Waals surface area contributed by atoms with Gasteiger partial charge in [0.2, 0.25) is 0 Å². The van der Waals surface area contributed by atoms with Crippen LogP contribution in [0.4, 0.5) is 0 Å². The Kier molecular flexibility index (Phi) is 6.35. The molecule has 0 saturated heterocycles. The first-order chi connectivity index (χ1) is 25.2. The Morgan fingerprint density at radius 1 is 0.365 bits per heavy atom. The van der Waals surface area contributed by atoms with Gasteiger partial charge in [0, 0.05) is 72.1 Å². The molecule has 12 heteroatoms. The molecule has 52 heavy (non-hydrogen) atoms. The number of amides is 8. The number of hydrogen-bond donors (Lipinski definition) is 1. The summed E-state index contributed by atoms with van der Waals surface area (Å²) in [5, 5.41) is 3.36. The van der Waals surface area contributed by atoms with E-state index in [2.05, 4.69) is 5.32 Å². The standard InChI is InChI=1S/C40H30N4O8/c45-33-19-10-12-23-30-24(13-11-20(29(19)30)34(46)41-33)38(50)43(37(23)49)27-8-4-5-9-28(27)44-39(51)25-16-14-21-31-22(15-17-26(32(25)31)40(44)52)36(48)42(35(21)47)18-6-2-1-3-7-18/h10-18,27-28H,1-9H2,(H,41,45,46)/t27-,28-/m0/s1. The zero-order chi connectivity index (χ0) is 35.7. The third-order valence-corrected chi connectivity index (χ3v) is 12.0. The van der Waals surface area contributed by atoms with E-state index in [9.17, 15) is 38.4 Å². The molecule has 12 nitrogen and oxygen atoms in total. The van der Waals surface area contributed by atoms with Crippen molar-refractivity contribution in [2.24, 2.45) is 0 Å².